The van der Waals surface area contributed by atoms with Crippen LogP contribution in [-0.4, -0.2) is 48.8 Å². The molecule has 1 aliphatic heterocycles. The second-order valence-corrected chi connectivity index (χ2v) is 5.76. The highest BCUT2D eigenvalue weighted by atomic mass is 16.5. The van der Waals surface area contributed by atoms with E-state index < -0.39 is 11.9 Å². The van der Waals surface area contributed by atoms with Gasteiger partial charge in [0.15, 0.2) is 11.5 Å². The van der Waals surface area contributed by atoms with E-state index in [1.54, 1.807) is 7.11 Å². The minimum Gasteiger partial charge on any atom is -0.493 e. The van der Waals surface area contributed by atoms with Crippen LogP contribution in [-0.2, 0) is 11.3 Å². The lowest BCUT2D eigenvalue weighted by Crippen LogP contribution is -2.38. The normalized spacial score (nSPS) is 16.8. The van der Waals surface area contributed by atoms with Crippen LogP contribution in [0.15, 0.2) is 18.2 Å². The van der Waals surface area contributed by atoms with Crippen LogP contribution in [0, 0.1) is 5.92 Å². The van der Waals surface area contributed by atoms with Crippen LogP contribution in [0.1, 0.15) is 25.3 Å². The Bertz CT molecular complexity index is 590. The Morgan fingerprint density at radius 3 is 2.79 bits per heavy atom. The smallest absolute Gasteiger partial charge is 0.317 e. The first-order chi connectivity index (χ1) is 11.5. The first-order valence-electron chi connectivity index (χ1n) is 8.10. The van der Waals surface area contributed by atoms with E-state index >= 15 is 0 Å². The molecule has 2 N–H and O–H groups in total. The van der Waals surface area contributed by atoms with Crippen molar-refractivity contribution in [2.24, 2.45) is 5.92 Å². The van der Waals surface area contributed by atoms with Crippen LogP contribution in [0.4, 0.5) is 4.79 Å². The van der Waals surface area contributed by atoms with Gasteiger partial charge < -0.3 is 24.8 Å². The van der Waals surface area contributed by atoms with Crippen molar-refractivity contribution in [3.8, 4) is 11.5 Å². The van der Waals surface area contributed by atoms with Crippen LogP contribution in [0.5, 0.6) is 11.5 Å². The summed E-state index contributed by atoms with van der Waals surface area (Å²) in [5.41, 5.74) is 0.887. The highest BCUT2D eigenvalue weighted by Crippen LogP contribution is 2.28. The van der Waals surface area contributed by atoms with Crippen molar-refractivity contribution in [1.29, 1.82) is 0 Å². The summed E-state index contributed by atoms with van der Waals surface area (Å²) in [6.45, 7) is 3.72. The summed E-state index contributed by atoms with van der Waals surface area (Å²) in [5, 5.41) is 11.8. The van der Waals surface area contributed by atoms with Gasteiger partial charge in [-0.3, -0.25) is 4.79 Å². The average Bonchev–Trinajstić information content (AvgIpc) is 3.08. The van der Waals surface area contributed by atoms with Gasteiger partial charge in [-0.05, 0) is 30.5 Å². The van der Waals surface area contributed by atoms with E-state index in [0.717, 1.165) is 12.0 Å². The number of urea groups is 1. The van der Waals surface area contributed by atoms with Crippen molar-refractivity contribution in [2.45, 2.75) is 26.3 Å². The zero-order valence-electron chi connectivity index (χ0n) is 14.1. The highest BCUT2D eigenvalue weighted by molar-refractivity contribution is 5.77. The number of hydrogen-bond donors (Lipinski definition) is 2. The molecule has 0 bridgehead atoms. The number of methoxy groups -OCH3 is 1. The molecule has 0 radical (unpaired) electrons. The number of amides is 2. The van der Waals surface area contributed by atoms with Gasteiger partial charge in [0.05, 0.1) is 19.6 Å². The molecule has 1 unspecified atom stereocenters. The fourth-order valence-electron chi connectivity index (χ4n) is 2.59. The summed E-state index contributed by atoms with van der Waals surface area (Å²) >= 11 is 0. The van der Waals surface area contributed by atoms with Gasteiger partial charge in [0, 0.05) is 19.6 Å². The van der Waals surface area contributed by atoms with E-state index in [4.69, 9.17) is 14.6 Å². The Morgan fingerprint density at radius 2 is 2.17 bits per heavy atom. The van der Waals surface area contributed by atoms with Crippen molar-refractivity contribution in [2.75, 3.05) is 26.8 Å². The average molecular weight is 336 g/mol. The van der Waals surface area contributed by atoms with Crippen LogP contribution >= 0.6 is 0 Å². The Morgan fingerprint density at radius 1 is 1.38 bits per heavy atom. The number of aliphatic carboxylic acids is 1. The van der Waals surface area contributed by atoms with Gasteiger partial charge in [0.2, 0.25) is 0 Å². The minimum atomic E-state index is -0.849. The van der Waals surface area contributed by atoms with E-state index in [0.29, 0.717) is 37.6 Å². The van der Waals surface area contributed by atoms with E-state index in [2.05, 4.69) is 5.32 Å². The number of carboxylic acids is 1. The standard InChI is InChI=1S/C17H24N2O5/c1-3-8-24-14-5-4-12(9-15(14)23-2)10-18-17(22)19-7-6-13(11-19)16(20)21/h4-5,9,13H,3,6-8,10-11H2,1-2H3,(H,18,22)(H,20,21). The summed E-state index contributed by atoms with van der Waals surface area (Å²) in [6, 6.07) is 5.28. The topological polar surface area (TPSA) is 88.1 Å². The molecule has 7 nitrogen and oxygen atoms in total. The Labute approximate surface area is 141 Å². The molecule has 1 atom stereocenters. The number of rotatable bonds is 7. The summed E-state index contributed by atoms with van der Waals surface area (Å²) in [4.78, 5) is 24.6. The van der Waals surface area contributed by atoms with Gasteiger partial charge in [-0.1, -0.05) is 13.0 Å². The molecule has 1 aromatic rings. The number of hydrogen-bond acceptors (Lipinski definition) is 4. The first-order valence-corrected chi connectivity index (χ1v) is 8.10. The fraction of sp³-hybridized carbons (Fsp3) is 0.529. The van der Waals surface area contributed by atoms with Gasteiger partial charge in [-0.25, -0.2) is 4.79 Å². The lowest BCUT2D eigenvalue weighted by molar-refractivity contribution is -0.141. The maximum Gasteiger partial charge on any atom is 0.317 e. The molecule has 1 aromatic carbocycles. The Hall–Kier alpha value is -2.44. The van der Waals surface area contributed by atoms with E-state index in [1.807, 2.05) is 25.1 Å². The SMILES string of the molecule is CCCOc1ccc(CNC(=O)N2CCC(C(=O)O)C2)cc1OC. The third-order valence-electron chi connectivity index (χ3n) is 3.96. The maximum absolute atomic E-state index is 12.1. The molecular formula is C17H24N2O5. The number of benzene rings is 1. The van der Waals surface area contributed by atoms with E-state index in [-0.39, 0.29) is 12.6 Å². The minimum absolute atomic E-state index is 0.246. The molecule has 0 spiro atoms. The molecule has 0 aliphatic carbocycles. The number of nitrogens with zero attached hydrogens (tertiary/aromatic N) is 1. The van der Waals surface area contributed by atoms with Crippen LogP contribution in [0.3, 0.4) is 0 Å². The van der Waals surface area contributed by atoms with Crippen LogP contribution in [0.2, 0.25) is 0 Å². The van der Waals surface area contributed by atoms with Crippen molar-refractivity contribution in [3.05, 3.63) is 23.8 Å². The largest absolute Gasteiger partial charge is 0.493 e. The molecule has 1 aliphatic rings. The zero-order valence-corrected chi connectivity index (χ0v) is 14.1. The predicted octanol–water partition coefficient (Wildman–Crippen LogP) is 2.10. The molecule has 1 saturated heterocycles. The first kappa shape index (κ1) is 17.9. The number of carboxylic acid groups (broad SMARTS) is 1. The molecule has 2 rings (SSSR count). The lowest BCUT2D eigenvalue weighted by Gasteiger charge is -2.17. The number of ether oxygens (including phenoxy) is 2. The monoisotopic (exact) mass is 336 g/mol. The third-order valence-corrected chi connectivity index (χ3v) is 3.96. The Kier molecular flexibility index (Phi) is 6.28. The van der Waals surface area contributed by atoms with E-state index in [9.17, 15) is 9.59 Å². The molecule has 24 heavy (non-hydrogen) atoms. The summed E-state index contributed by atoms with van der Waals surface area (Å²) < 4.78 is 10.9. The van der Waals surface area contributed by atoms with Gasteiger partial charge in [-0.2, -0.15) is 0 Å². The summed E-state index contributed by atoms with van der Waals surface area (Å²) in [5.74, 6) is -0.0101. The van der Waals surface area contributed by atoms with Crippen molar-refractivity contribution < 1.29 is 24.2 Å². The summed E-state index contributed by atoms with van der Waals surface area (Å²) in [7, 11) is 1.58. The fourth-order valence-corrected chi connectivity index (χ4v) is 2.59. The number of carbonyl (C=O) groups excluding carboxylic acids is 1. The quantitative estimate of drug-likeness (QED) is 0.796. The van der Waals surface area contributed by atoms with Crippen LogP contribution < -0.4 is 14.8 Å². The number of likely N-dealkylation sites (tertiary alicyclic amines) is 1. The molecule has 132 valence electrons. The molecule has 0 saturated carbocycles. The maximum atomic E-state index is 12.1. The molecule has 0 aromatic heterocycles. The third kappa shape index (κ3) is 4.53. The molecular weight excluding hydrogens is 312 g/mol. The molecule has 1 heterocycles. The van der Waals surface area contributed by atoms with E-state index in [1.165, 1.54) is 4.90 Å². The second kappa shape index (κ2) is 8.42. The number of carbonyl (C=O) groups is 2. The Balaban J connectivity index is 1.89. The zero-order chi connectivity index (χ0) is 17.5. The van der Waals surface area contributed by atoms with Gasteiger partial charge in [0.25, 0.3) is 0 Å². The van der Waals surface area contributed by atoms with Gasteiger partial charge >= 0.3 is 12.0 Å². The molecule has 1 fully saturated rings. The van der Waals surface area contributed by atoms with Gasteiger partial charge in [-0.15, -0.1) is 0 Å². The molecule has 2 amide bonds. The predicted molar refractivity (Wildman–Crippen MR) is 88.3 cm³/mol. The van der Waals surface area contributed by atoms with Crippen LogP contribution in [0.25, 0.3) is 0 Å². The summed E-state index contributed by atoms with van der Waals surface area (Å²) in [6.07, 6.45) is 1.41. The molecule has 7 heteroatoms. The van der Waals surface area contributed by atoms with Crippen molar-refractivity contribution >= 4 is 12.0 Å². The highest BCUT2D eigenvalue weighted by Gasteiger charge is 2.30. The number of nitrogens with one attached hydrogen (secondary N) is 1. The van der Waals surface area contributed by atoms with Crippen molar-refractivity contribution in [1.82, 2.24) is 10.2 Å². The lowest BCUT2D eigenvalue weighted by atomic mass is 10.1. The van der Waals surface area contributed by atoms with Crippen molar-refractivity contribution in [3.63, 3.8) is 0 Å². The van der Waals surface area contributed by atoms with Gasteiger partial charge in [0.1, 0.15) is 0 Å². The second-order valence-electron chi connectivity index (χ2n) is 5.76.